The number of unbranched alkanes of at least 4 members (excludes halogenated alkanes) is 1. The third-order valence-corrected chi connectivity index (χ3v) is 2.53. The molecule has 2 nitrogen and oxygen atoms in total. The summed E-state index contributed by atoms with van der Waals surface area (Å²) in [6.45, 7) is 6.20. The third-order valence-electron chi connectivity index (χ3n) is 2.53. The van der Waals surface area contributed by atoms with Crippen LogP contribution in [0, 0.1) is 5.92 Å². The summed E-state index contributed by atoms with van der Waals surface area (Å²) in [5, 5.41) is 9.52. The summed E-state index contributed by atoms with van der Waals surface area (Å²) in [7, 11) is 1.74. The molecule has 2 heteroatoms. The van der Waals surface area contributed by atoms with Crippen molar-refractivity contribution in [1.82, 2.24) is 0 Å². The lowest BCUT2D eigenvalue weighted by Crippen LogP contribution is -2.14. The van der Waals surface area contributed by atoms with E-state index in [0.29, 0.717) is 12.0 Å². The highest BCUT2D eigenvalue weighted by atomic mass is 16.5. The van der Waals surface area contributed by atoms with Crippen LogP contribution in [0.5, 0.6) is 0 Å². The molecule has 0 amide bonds. The van der Waals surface area contributed by atoms with E-state index < -0.39 is 0 Å². The first-order valence-corrected chi connectivity index (χ1v) is 5.28. The minimum absolute atomic E-state index is 0.127. The standard InChI is InChI=1S/C11H24O2/c1-9(2)11(12)8-6-5-7-10(3)13-4/h9-12H,5-8H2,1-4H3. The number of rotatable bonds is 7. The van der Waals surface area contributed by atoms with Gasteiger partial charge in [-0.2, -0.15) is 0 Å². The fraction of sp³-hybridized carbons (Fsp3) is 1.00. The van der Waals surface area contributed by atoms with Crippen LogP contribution in [0.3, 0.4) is 0 Å². The van der Waals surface area contributed by atoms with Crippen LogP contribution in [0.1, 0.15) is 46.5 Å². The summed E-state index contributed by atoms with van der Waals surface area (Å²) < 4.78 is 5.14. The molecule has 0 rings (SSSR count). The molecule has 0 spiro atoms. The Bertz CT molecular complexity index is 113. The molecule has 0 aromatic rings. The van der Waals surface area contributed by atoms with E-state index in [1.54, 1.807) is 7.11 Å². The van der Waals surface area contributed by atoms with Crippen molar-refractivity contribution in [2.24, 2.45) is 5.92 Å². The lowest BCUT2D eigenvalue weighted by Gasteiger charge is -2.14. The summed E-state index contributed by atoms with van der Waals surface area (Å²) in [6, 6.07) is 0. The van der Waals surface area contributed by atoms with Gasteiger partial charge < -0.3 is 9.84 Å². The molecule has 1 N–H and O–H groups in total. The Labute approximate surface area is 82.3 Å². The molecule has 0 saturated carbocycles. The molecule has 0 radical (unpaired) electrons. The van der Waals surface area contributed by atoms with Gasteiger partial charge in [-0.05, 0) is 25.7 Å². The summed E-state index contributed by atoms with van der Waals surface area (Å²) in [4.78, 5) is 0. The first kappa shape index (κ1) is 12.9. The van der Waals surface area contributed by atoms with Crippen LogP contribution in [-0.2, 0) is 4.74 Å². The number of hydrogen-bond donors (Lipinski definition) is 1. The Morgan fingerprint density at radius 2 is 1.62 bits per heavy atom. The smallest absolute Gasteiger partial charge is 0.0563 e. The Morgan fingerprint density at radius 1 is 1.08 bits per heavy atom. The molecule has 80 valence electrons. The molecule has 0 aromatic heterocycles. The zero-order valence-corrected chi connectivity index (χ0v) is 9.42. The Balaban J connectivity index is 3.25. The maximum Gasteiger partial charge on any atom is 0.0563 e. The second-order valence-corrected chi connectivity index (χ2v) is 4.14. The molecule has 0 saturated heterocycles. The average Bonchev–Trinajstić information content (AvgIpc) is 2.11. The maximum absolute atomic E-state index is 9.52. The van der Waals surface area contributed by atoms with Crippen molar-refractivity contribution in [3.63, 3.8) is 0 Å². The highest BCUT2D eigenvalue weighted by Gasteiger charge is 2.08. The molecule has 0 aromatic carbocycles. The van der Waals surface area contributed by atoms with Gasteiger partial charge in [0.15, 0.2) is 0 Å². The SMILES string of the molecule is COC(C)CCCCC(O)C(C)C. The van der Waals surface area contributed by atoms with Crippen LogP contribution < -0.4 is 0 Å². The topological polar surface area (TPSA) is 29.5 Å². The molecule has 0 aliphatic carbocycles. The fourth-order valence-corrected chi connectivity index (χ4v) is 1.24. The van der Waals surface area contributed by atoms with E-state index in [0.717, 1.165) is 25.7 Å². The van der Waals surface area contributed by atoms with Crippen molar-refractivity contribution in [3.8, 4) is 0 Å². The Hall–Kier alpha value is -0.0800. The van der Waals surface area contributed by atoms with Crippen LogP contribution in [-0.4, -0.2) is 24.4 Å². The minimum atomic E-state index is -0.127. The summed E-state index contributed by atoms with van der Waals surface area (Å²) in [5.74, 6) is 0.389. The Kier molecular flexibility index (Phi) is 7.29. The molecule has 0 aliphatic rings. The summed E-state index contributed by atoms with van der Waals surface area (Å²) in [5.41, 5.74) is 0. The molecule has 2 unspecified atom stereocenters. The van der Waals surface area contributed by atoms with Gasteiger partial charge in [-0.25, -0.2) is 0 Å². The van der Waals surface area contributed by atoms with Crippen molar-refractivity contribution >= 4 is 0 Å². The zero-order chi connectivity index (χ0) is 10.3. The zero-order valence-electron chi connectivity index (χ0n) is 9.42. The summed E-state index contributed by atoms with van der Waals surface area (Å²) >= 11 is 0. The number of hydrogen-bond acceptors (Lipinski definition) is 2. The lowest BCUT2D eigenvalue weighted by molar-refractivity contribution is 0.0972. The van der Waals surface area contributed by atoms with Crippen molar-refractivity contribution < 1.29 is 9.84 Å². The van der Waals surface area contributed by atoms with E-state index in [1.807, 2.05) is 0 Å². The van der Waals surface area contributed by atoms with E-state index in [-0.39, 0.29) is 6.10 Å². The van der Waals surface area contributed by atoms with Crippen molar-refractivity contribution in [2.75, 3.05) is 7.11 Å². The van der Waals surface area contributed by atoms with E-state index in [2.05, 4.69) is 20.8 Å². The largest absolute Gasteiger partial charge is 0.393 e. The quantitative estimate of drug-likeness (QED) is 0.622. The first-order chi connectivity index (χ1) is 6.07. The van der Waals surface area contributed by atoms with Crippen molar-refractivity contribution in [3.05, 3.63) is 0 Å². The molecule has 0 bridgehead atoms. The van der Waals surface area contributed by atoms with Crippen LogP contribution >= 0.6 is 0 Å². The fourth-order valence-electron chi connectivity index (χ4n) is 1.24. The van der Waals surface area contributed by atoms with Gasteiger partial charge in [0.1, 0.15) is 0 Å². The highest BCUT2D eigenvalue weighted by molar-refractivity contribution is 4.60. The van der Waals surface area contributed by atoms with Crippen LogP contribution in [0.2, 0.25) is 0 Å². The monoisotopic (exact) mass is 188 g/mol. The van der Waals surface area contributed by atoms with Gasteiger partial charge in [-0.3, -0.25) is 0 Å². The normalized spacial score (nSPS) is 16.2. The first-order valence-electron chi connectivity index (χ1n) is 5.28. The van der Waals surface area contributed by atoms with Gasteiger partial charge in [0.05, 0.1) is 12.2 Å². The molecular formula is C11H24O2. The third kappa shape index (κ3) is 7.03. The van der Waals surface area contributed by atoms with Gasteiger partial charge in [-0.1, -0.05) is 26.7 Å². The molecule has 0 aliphatic heterocycles. The number of aliphatic hydroxyl groups excluding tert-OH is 1. The number of aliphatic hydroxyl groups is 1. The van der Waals surface area contributed by atoms with Gasteiger partial charge >= 0.3 is 0 Å². The van der Waals surface area contributed by atoms with E-state index in [4.69, 9.17) is 4.74 Å². The van der Waals surface area contributed by atoms with E-state index >= 15 is 0 Å². The van der Waals surface area contributed by atoms with E-state index in [1.165, 1.54) is 0 Å². The lowest BCUT2D eigenvalue weighted by atomic mass is 10.0. The number of methoxy groups -OCH3 is 1. The molecule has 2 atom stereocenters. The molecule has 0 fully saturated rings. The molecule has 0 heterocycles. The Morgan fingerprint density at radius 3 is 2.08 bits per heavy atom. The van der Waals surface area contributed by atoms with Gasteiger partial charge in [-0.15, -0.1) is 0 Å². The maximum atomic E-state index is 9.52. The van der Waals surface area contributed by atoms with Gasteiger partial charge in [0.25, 0.3) is 0 Å². The van der Waals surface area contributed by atoms with Gasteiger partial charge in [0.2, 0.25) is 0 Å². The van der Waals surface area contributed by atoms with Crippen LogP contribution in [0.25, 0.3) is 0 Å². The van der Waals surface area contributed by atoms with E-state index in [9.17, 15) is 5.11 Å². The van der Waals surface area contributed by atoms with Crippen LogP contribution in [0.4, 0.5) is 0 Å². The van der Waals surface area contributed by atoms with Crippen molar-refractivity contribution in [2.45, 2.75) is 58.7 Å². The second-order valence-electron chi connectivity index (χ2n) is 4.14. The predicted octanol–water partition coefficient (Wildman–Crippen LogP) is 2.60. The molecule has 13 heavy (non-hydrogen) atoms. The molecular weight excluding hydrogens is 164 g/mol. The van der Waals surface area contributed by atoms with Crippen molar-refractivity contribution in [1.29, 1.82) is 0 Å². The predicted molar refractivity (Wildman–Crippen MR) is 55.8 cm³/mol. The summed E-state index contributed by atoms with van der Waals surface area (Å²) in [6.07, 6.45) is 4.51. The second kappa shape index (κ2) is 7.34. The minimum Gasteiger partial charge on any atom is -0.393 e. The highest BCUT2D eigenvalue weighted by Crippen LogP contribution is 2.12. The average molecular weight is 188 g/mol. The van der Waals surface area contributed by atoms with Crippen LogP contribution in [0.15, 0.2) is 0 Å². The number of ether oxygens (including phenoxy) is 1. The van der Waals surface area contributed by atoms with Gasteiger partial charge in [0, 0.05) is 7.11 Å².